The lowest BCUT2D eigenvalue weighted by Crippen LogP contribution is -2.05. The first-order chi connectivity index (χ1) is 7.33. The smallest absolute Gasteiger partial charge is 0.0908 e. The largest absolute Gasteiger partial charge is 0.377 e. The summed E-state index contributed by atoms with van der Waals surface area (Å²) in [6.07, 6.45) is 1.12. The van der Waals surface area contributed by atoms with Crippen molar-refractivity contribution in [2.75, 3.05) is 13.3 Å². The Hall–Kier alpha value is -0.600. The van der Waals surface area contributed by atoms with Gasteiger partial charge in [-0.2, -0.15) is 0 Å². The molecular weight excluding hydrogens is 215 g/mol. The van der Waals surface area contributed by atoms with Gasteiger partial charge in [0.25, 0.3) is 0 Å². The summed E-state index contributed by atoms with van der Waals surface area (Å²) in [6.45, 7) is 0.829. The van der Waals surface area contributed by atoms with Gasteiger partial charge in [0.2, 0.25) is 0 Å². The van der Waals surface area contributed by atoms with Crippen molar-refractivity contribution >= 4 is 11.6 Å². The molecule has 1 rings (SSSR count). The zero-order valence-corrected chi connectivity index (χ0v) is 9.42. The standard InChI is InChI=1S/C12H16ClFO/c13-12(6-8-14)7-9-15-10-11-4-2-1-3-5-11/h1-5,12H,6-10H2. The number of hydrogen-bond donors (Lipinski definition) is 0. The molecular formula is C12H16ClFO. The SMILES string of the molecule is FCCC(Cl)CCOCc1ccccc1. The van der Waals surface area contributed by atoms with E-state index in [9.17, 15) is 4.39 Å². The van der Waals surface area contributed by atoms with Crippen molar-refractivity contribution in [1.82, 2.24) is 0 Å². The van der Waals surface area contributed by atoms with Gasteiger partial charge in [-0.25, -0.2) is 0 Å². The average Bonchev–Trinajstić information content (AvgIpc) is 2.26. The summed E-state index contributed by atoms with van der Waals surface area (Å²) in [5, 5.41) is -0.106. The van der Waals surface area contributed by atoms with Gasteiger partial charge < -0.3 is 4.74 Å². The monoisotopic (exact) mass is 230 g/mol. The van der Waals surface area contributed by atoms with Crippen LogP contribution in [0.4, 0.5) is 4.39 Å². The molecule has 0 spiro atoms. The van der Waals surface area contributed by atoms with Crippen molar-refractivity contribution in [3.8, 4) is 0 Å². The van der Waals surface area contributed by atoms with Crippen LogP contribution >= 0.6 is 11.6 Å². The van der Waals surface area contributed by atoms with E-state index >= 15 is 0 Å². The van der Waals surface area contributed by atoms with Crippen LogP contribution in [-0.2, 0) is 11.3 Å². The van der Waals surface area contributed by atoms with Crippen molar-refractivity contribution in [2.24, 2.45) is 0 Å². The zero-order chi connectivity index (χ0) is 10.9. The molecule has 0 aromatic heterocycles. The predicted octanol–water partition coefficient (Wildman–Crippen LogP) is 3.56. The highest BCUT2D eigenvalue weighted by Crippen LogP contribution is 2.08. The molecule has 1 nitrogen and oxygen atoms in total. The van der Waals surface area contributed by atoms with Crippen molar-refractivity contribution in [3.05, 3.63) is 35.9 Å². The number of halogens is 2. The van der Waals surface area contributed by atoms with E-state index in [-0.39, 0.29) is 12.1 Å². The Bertz CT molecular complexity index is 253. The van der Waals surface area contributed by atoms with Crippen molar-refractivity contribution < 1.29 is 9.13 Å². The lowest BCUT2D eigenvalue weighted by molar-refractivity contribution is 0.117. The Morgan fingerprint density at radius 2 is 1.93 bits per heavy atom. The summed E-state index contributed by atoms with van der Waals surface area (Å²) in [7, 11) is 0. The fraction of sp³-hybridized carbons (Fsp3) is 0.500. The molecule has 1 aromatic rings. The summed E-state index contributed by atoms with van der Waals surface area (Å²) in [6, 6.07) is 9.96. The van der Waals surface area contributed by atoms with Crippen LogP contribution in [0.2, 0.25) is 0 Å². The van der Waals surface area contributed by atoms with E-state index in [0.717, 1.165) is 5.56 Å². The van der Waals surface area contributed by atoms with Gasteiger partial charge >= 0.3 is 0 Å². The number of ether oxygens (including phenoxy) is 1. The molecule has 1 aromatic carbocycles. The van der Waals surface area contributed by atoms with Gasteiger partial charge in [-0.1, -0.05) is 30.3 Å². The summed E-state index contributed by atoms with van der Waals surface area (Å²) in [4.78, 5) is 0. The number of benzene rings is 1. The molecule has 0 aliphatic rings. The second kappa shape index (κ2) is 7.66. The Balaban J connectivity index is 2.07. The Labute approximate surface area is 95.2 Å². The van der Waals surface area contributed by atoms with Crippen molar-refractivity contribution in [3.63, 3.8) is 0 Å². The lowest BCUT2D eigenvalue weighted by atomic mass is 10.2. The number of hydrogen-bond acceptors (Lipinski definition) is 1. The molecule has 0 radical (unpaired) electrons. The maximum absolute atomic E-state index is 11.9. The second-order valence-corrected chi connectivity index (χ2v) is 4.02. The molecule has 0 aliphatic carbocycles. The molecule has 0 heterocycles. The van der Waals surface area contributed by atoms with Crippen molar-refractivity contribution in [1.29, 1.82) is 0 Å². The molecule has 1 unspecified atom stereocenters. The minimum atomic E-state index is -0.354. The van der Waals surface area contributed by atoms with E-state index in [1.165, 1.54) is 0 Å². The van der Waals surface area contributed by atoms with Crippen LogP contribution in [0, 0.1) is 0 Å². The summed E-state index contributed by atoms with van der Waals surface area (Å²) >= 11 is 5.84. The van der Waals surface area contributed by atoms with Gasteiger partial charge in [-0.3, -0.25) is 4.39 Å². The molecule has 0 saturated heterocycles. The third-order valence-corrected chi connectivity index (χ3v) is 2.55. The molecule has 0 saturated carbocycles. The lowest BCUT2D eigenvalue weighted by Gasteiger charge is -2.07. The average molecular weight is 231 g/mol. The Kier molecular flexibility index (Phi) is 6.37. The van der Waals surface area contributed by atoms with Crippen molar-refractivity contribution in [2.45, 2.75) is 24.8 Å². The molecule has 0 N–H and O–H groups in total. The van der Waals surface area contributed by atoms with Crippen LogP contribution in [0.5, 0.6) is 0 Å². The van der Waals surface area contributed by atoms with Crippen LogP contribution < -0.4 is 0 Å². The molecule has 3 heteroatoms. The number of rotatable bonds is 7. The van der Waals surface area contributed by atoms with Crippen LogP contribution in [0.1, 0.15) is 18.4 Å². The molecule has 0 fully saturated rings. The quantitative estimate of drug-likeness (QED) is 0.514. The highest BCUT2D eigenvalue weighted by atomic mass is 35.5. The maximum atomic E-state index is 11.9. The van der Waals surface area contributed by atoms with E-state index < -0.39 is 0 Å². The van der Waals surface area contributed by atoms with Gasteiger partial charge in [0.1, 0.15) is 0 Å². The predicted molar refractivity (Wildman–Crippen MR) is 60.9 cm³/mol. The van der Waals surface area contributed by atoms with Crippen LogP contribution in [-0.4, -0.2) is 18.7 Å². The molecule has 0 amide bonds. The first kappa shape index (κ1) is 12.5. The molecule has 0 bridgehead atoms. The Morgan fingerprint density at radius 1 is 1.20 bits per heavy atom. The van der Waals surface area contributed by atoms with Crippen LogP contribution in [0.15, 0.2) is 30.3 Å². The first-order valence-electron chi connectivity index (χ1n) is 5.14. The van der Waals surface area contributed by atoms with Crippen LogP contribution in [0.25, 0.3) is 0 Å². The van der Waals surface area contributed by atoms with Gasteiger partial charge in [-0.15, -0.1) is 11.6 Å². The fourth-order valence-electron chi connectivity index (χ4n) is 1.24. The third kappa shape index (κ3) is 5.75. The van der Waals surface area contributed by atoms with E-state index in [0.29, 0.717) is 26.1 Å². The third-order valence-electron chi connectivity index (χ3n) is 2.11. The normalized spacial score (nSPS) is 12.7. The van der Waals surface area contributed by atoms with E-state index in [4.69, 9.17) is 16.3 Å². The minimum Gasteiger partial charge on any atom is -0.377 e. The van der Waals surface area contributed by atoms with Gasteiger partial charge in [-0.05, 0) is 18.4 Å². The molecule has 0 aliphatic heterocycles. The second-order valence-electron chi connectivity index (χ2n) is 3.40. The van der Waals surface area contributed by atoms with Gasteiger partial charge in [0.05, 0.1) is 13.3 Å². The summed E-state index contributed by atoms with van der Waals surface area (Å²) < 4.78 is 17.3. The Morgan fingerprint density at radius 3 is 2.60 bits per heavy atom. The zero-order valence-electron chi connectivity index (χ0n) is 8.66. The minimum absolute atomic E-state index is 0.106. The first-order valence-corrected chi connectivity index (χ1v) is 5.58. The summed E-state index contributed by atoms with van der Waals surface area (Å²) in [5.41, 5.74) is 1.15. The highest BCUT2D eigenvalue weighted by molar-refractivity contribution is 6.20. The highest BCUT2D eigenvalue weighted by Gasteiger charge is 2.03. The number of alkyl halides is 2. The van der Waals surface area contributed by atoms with Crippen LogP contribution in [0.3, 0.4) is 0 Å². The van der Waals surface area contributed by atoms with E-state index in [1.54, 1.807) is 0 Å². The molecule has 1 atom stereocenters. The molecule has 15 heavy (non-hydrogen) atoms. The van der Waals surface area contributed by atoms with E-state index in [1.807, 2.05) is 30.3 Å². The van der Waals surface area contributed by atoms with Gasteiger partial charge in [0.15, 0.2) is 0 Å². The van der Waals surface area contributed by atoms with Gasteiger partial charge in [0, 0.05) is 12.0 Å². The van der Waals surface area contributed by atoms with E-state index in [2.05, 4.69) is 0 Å². The summed E-state index contributed by atoms with van der Waals surface area (Å²) in [5.74, 6) is 0. The fourth-order valence-corrected chi connectivity index (χ4v) is 1.41. The topological polar surface area (TPSA) is 9.23 Å². The maximum Gasteiger partial charge on any atom is 0.0908 e. The molecule has 84 valence electrons.